The van der Waals surface area contributed by atoms with Gasteiger partial charge in [0.05, 0.1) is 17.1 Å². The highest BCUT2D eigenvalue weighted by molar-refractivity contribution is 6.30. The van der Waals surface area contributed by atoms with Crippen molar-refractivity contribution in [3.05, 3.63) is 75.2 Å². The summed E-state index contributed by atoms with van der Waals surface area (Å²) in [6.45, 7) is 1.95. The molecule has 0 amide bonds. The van der Waals surface area contributed by atoms with Crippen LogP contribution in [0.3, 0.4) is 0 Å². The first-order chi connectivity index (χ1) is 13.1. The molecule has 1 aliphatic heterocycles. The van der Waals surface area contributed by atoms with Gasteiger partial charge in [-0.15, -0.1) is 12.4 Å². The second-order valence-corrected chi connectivity index (χ2v) is 7.89. The predicted molar refractivity (Wildman–Crippen MR) is 118 cm³/mol. The molecule has 1 atom stereocenters. The van der Waals surface area contributed by atoms with E-state index in [9.17, 15) is 4.79 Å². The minimum Gasteiger partial charge on any atom is -0.304 e. The Kier molecular flexibility index (Phi) is 6.76. The molecular weight excluding hydrogens is 393 g/mol. The van der Waals surface area contributed by atoms with E-state index in [1.54, 1.807) is 4.68 Å². The maximum atomic E-state index is 13.2. The average molecular weight is 418 g/mol. The van der Waals surface area contributed by atoms with Gasteiger partial charge in [0.1, 0.15) is 0 Å². The second-order valence-electron chi connectivity index (χ2n) is 7.46. The number of rotatable bonds is 3. The van der Waals surface area contributed by atoms with Crippen molar-refractivity contribution in [1.29, 1.82) is 0 Å². The van der Waals surface area contributed by atoms with E-state index < -0.39 is 0 Å². The van der Waals surface area contributed by atoms with E-state index in [1.807, 2.05) is 48.5 Å². The molecule has 0 radical (unpaired) electrons. The van der Waals surface area contributed by atoms with Gasteiger partial charge < -0.3 is 4.90 Å². The smallest absolute Gasteiger partial charge is 0.274 e. The van der Waals surface area contributed by atoms with E-state index >= 15 is 0 Å². The molecule has 0 N–H and O–H groups in total. The van der Waals surface area contributed by atoms with Gasteiger partial charge in [-0.2, -0.15) is 5.10 Å². The number of aromatic nitrogens is 2. The molecule has 4 rings (SSSR count). The summed E-state index contributed by atoms with van der Waals surface area (Å²) in [5, 5.41) is 7.28. The third-order valence-electron chi connectivity index (χ3n) is 5.39. The number of likely N-dealkylation sites (N-methyl/N-ethyl adjacent to an activating group) is 1. The van der Waals surface area contributed by atoms with E-state index in [0.29, 0.717) is 6.42 Å². The first-order valence-electron chi connectivity index (χ1n) is 9.55. The normalized spacial score (nSPS) is 17.9. The van der Waals surface area contributed by atoms with Crippen LogP contribution in [0.15, 0.2) is 53.3 Å². The van der Waals surface area contributed by atoms with Crippen LogP contribution < -0.4 is 5.56 Å². The maximum absolute atomic E-state index is 13.2. The van der Waals surface area contributed by atoms with Crippen LogP contribution in [0, 0.1) is 0 Å². The first-order valence-corrected chi connectivity index (χ1v) is 9.93. The molecule has 0 aliphatic carbocycles. The molecule has 4 nitrogen and oxygen atoms in total. The Morgan fingerprint density at radius 1 is 1.07 bits per heavy atom. The highest BCUT2D eigenvalue weighted by Gasteiger charge is 2.21. The lowest BCUT2D eigenvalue weighted by atomic mass is 10.0. The van der Waals surface area contributed by atoms with E-state index in [0.717, 1.165) is 53.0 Å². The number of likely N-dealkylation sites (tertiary alicyclic amines) is 1. The summed E-state index contributed by atoms with van der Waals surface area (Å²) in [5.74, 6) is 0. The Balaban J connectivity index is 0.00000225. The van der Waals surface area contributed by atoms with E-state index in [2.05, 4.69) is 11.9 Å². The predicted octanol–water partition coefficient (Wildman–Crippen LogP) is 4.72. The van der Waals surface area contributed by atoms with E-state index in [1.165, 1.54) is 6.42 Å². The third kappa shape index (κ3) is 4.40. The largest absolute Gasteiger partial charge is 0.304 e. The number of hydrogen-bond acceptors (Lipinski definition) is 3. The fourth-order valence-electron chi connectivity index (χ4n) is 3.95. The Bertz CT molecular complexity index is 1000. The molecule has 1 aliphatic rings. The fraction of sp³-hybridized carbons (Fsp3) is 0.364. The molecule has 28 heavy (non-hydrogen) atoms. The molecule has 1 unspecified atom stereocenters. The van der Waals surface area contributed by atoms with Crippen molar-refractivity contribution in [3.8, 4) is 0 Å². The first kappa shape index (κ1) is 20.8. The number of halogens is 2. The minimum absolute atomic E-state index is 0. The molecule has 1 fully saturated rings. The average Bonchev–Trinajstić information content (AvgIpc) is 2.90. The van der Waals surface area contributed by atoms with Gasteiger partial charge in [-0.3, -0.25) is 4.79 Å². The van der Waals surface area contributed by atoms with Crippen LogP contribution >= 0.6 is 24.0 Å². The van der Waals surface area contributed by atoms with Gasteiger partial charge in [0.15, 0.2) is 0 Å². The highest BCUT2D eigenvalue weighted by atomic mass is 35.5. The molecule has 1 saturated heterocycles. The summed E-state index contributed by atoms with van der Waals surface area (Å²) in [6, 6.07) is 15.8. The number of hydrogen-bond donors (Lipinski definition) is 0. The standard InChI is InChI=1S/C22H24ClN3O.ClH/c1-25-13-5-4-6-18(15-25)26-22(27)20-8-3-2-7-19(20)21(24-26)14-16-9-11-17(23)12-10-16;/h2-3,7-12,18H,4-6,13-15H2,1H3;1H. The van der Waals surface area contributed by atoms with Crippen LogP contribution in [0.4, 0.5) is 0 Å². The van der Waals surface area contributed by atoms with Crippen molar-refractivity contribution >= 4 is 34.8 Å². The summed E-state index contributed by atoms with van der Waals surface area (Å²) in [4.78, 5) is 15.5. The third-order valence-corrected chi connectivity index (χ3v) is 5.64. The lowest BCUT2D eigenvalue weighted by molar-refractivity contribution is 0.281. The summed E-state index contributed by atoms with van der Waals surface area (Å²) in [5.41, 5.74) is 2.10. The molecule has 0 spiro atoms. The highest BCUT2D eigenvalue weighted by Crippen LogP contribution is 2.22. The number of benzene rings is 2. The summed E-state index contributed by atoms with van der Waals surface area (Å²) in [6.07, 6.45) is 3.98. The van der Waals surface area contributed by atoms with Crippen LogP contribution in [0.2, 0.25) is 5.02 Å². The number of fused-ring (bicyclic) bond motifs is 1. The fourth-order valence-corrected chi connectivity index (χ4v) is 4.08. The molecule has 3 aromatic rings. The molecule has 148 valence electrons. The summed E-state index contributed by atoms with van der Waals surface area (Å²) < 4.78 is 1.75. The van der Waals surface area contributed by atoms with Crippen molar-refractivity contribution in [2.75, 3.05) is 20.1 Å². The lowest BCUT2D eigenvalue weighted by Gasteiger charge is -2.22. The van der Waals surface area contributed by atoms with Gasteiger partial charge in [-0.25, -0.2) is 4.68 Å². The van der Waals surface area contributed by atoms with Crippen LogP contribution in [0.25, 0.3) is 10.8 Å². The van der Waals surface area contributed by atoms with Gasteiger partial charge in [-0.1, -0.05) is 41.9 Å². The van der Waals surface area contributed by atoms with Gasteiger partial charge in [0.25, 0.3) is 5.56 Å². The topological polar surface area (TPSA) is 38.1 Å². The zero-order chi connectivity index (χ0) is 18.8. The zero-order valence-electron chi connectivity index (χ0n) is 16.0. The molecule has 0 bridgehead atoms. The van der Waals surface area contributed by atoms with Gasteiger partial charge >= 0.3 is 0 Å². The van der Waals surface area contributed by atoms with Crippen LogP contribution in [-0.4, -0.2) is 34.8 Å². The van der Waals surface area contributed by atoms with Crippen molar-refractivity contribution in [2.24, 2.45) is 0 Å². The molecular formula is C22H25Cl2N3O. The Hall–Kier alpha value is -1.88. The van der Waals surface area contributed by atoms with Crippen molar-refractivity contribution < 1.29 is 0 Å². The summed E-state index contributed by atoms with van der Waals surface area (Å²) in [7, 11) is 2.12. The monoisotopic (exact) mass is 417 g/mol. The lowest BCUT2D eigenvalue weighted by Crippen LogP contribution is -2.34. The summed E-state index contributed by atoms with van der Waals surface area (Å²) >= 11 is 6.02. The van der Waals surface area contributed by atoms with Crippen LogP contribution in [0.1, 0.15) is 36.6 Å². The van der Waals surface area contributed by atoms with Crippen molar-refractivity contribution in [3.63, 3.8) is 0 Å². The Morgan fingerprint density at radius 3 is 2.54 bits per heavy atom. The van der Waals surface area contributed by atoms with Crippen LogP contribution in [0.5, 0.6) is 0 Å². The Labute approximate surface area is 176 Å². The van der Waals surface area contributed by atoms with E-state index in [-0.39, 0.29) is 24.0 Å². The van der Waals surface area contributed by atoms with Gasteiger partial charge in [0.2, 0.25) is 0 Å². The van der Waals surface area contributed by atoms with Gasteiger partial charge in [-0.05, 0) is 56.6 Å². The quantitative estimate of drug-likeness (QED) is 0.618. The molecule has 1 aromatic heterocycles. The SMILES string of the molecule is CN1CCCCC(n2nc(Cc3ccc(Cl)cc3)c3ccccc3c2=O)C1.Cl. The van der Waals surface area contributed by atoms with Crippen molar-refractivity contribution in [1.82, 2.24) is 14.7 Å². The van der Waals surface area contributed by atoms with Crippen LogP contribution in [-0.2, 0) is 6.42 Å². The van der Waals surface area contributed by atoms with Gasteiger partial charge in [0, 0.05) is 23.4 Å². The minimum atomic E-state index is 0. The van der Waals surface area contributed by atoms with Crippen molar-refractivity contribution in [2.45, 2.75) is 31.7 Å². The Morgan fingerprint density at radius 2 is 1.79 bits per heavy atom. The number of nitrogens with zero attached hydrogens (tertiary/aromatic N) is 3. The molecule has 2 heterocycles. The maximum Gasteiger partial charge on any atom is 0.274 e. The molecule has 6 heteroatoms. The second kappa shape index (κ2) is 9.08. The molecule has 0 saturated carbocycles. The molecule has 2 aromatic carbocycles. The van der Waals surface area contributed by atoms with E-state index in [4.69, 9.17) is 16.7 Å². The zero-order valence-corrected chi connectivity index (χ0v) is 17.5.